The molecule has 0 bridgehead atoms. The van der Waals surface area contributed by atoms with E-state index in [2.05, 4.69) is 17.6 Å². The van der Waals surface area contributed by atoms with Crippen molar-refractivity contribution < 1.29 is 13.2 Å². The summed E-state index contributed by atoms with van der Waals surface area (Å²) in [7, 11) is 1.86. The monoisotopic (exact) mass is 345 g/mol. The first kappa shape index (κ1) is 22.3. The SMILES string of the molecule is C/C=C(\C=C(/C)NCC(F)(F)F)C(N)C/C=C/C(=C/NC)CCC. The van der Waals surface area contributed by atoms with Crippen LogP contribution in [0.1, 0.15) is 40.0 Å². The first-order chi connectivity index (χ1) is 11.2. The number of allylic oxidation sites excluding steroid dienone is 4. The van der Waals surface area contributed by atoms with Crippen LogP contribution in [-0.2, 0) is 0 Å². The van der Waals surface area contributed by atoms with Crippen LogP contribution in [0.15, 0.2) is 47.3 Å². The normalized spacial score (nSPS) is 15.8. The van der Waals surface area contributed by atoms with Gasteiger partial charge in [-0.25, -0.2) is 0 Å². The zero-order valence-corrected chi connectivity index (χ0v) is 15.0. The number of halogens is 3. The van der Waals surface area contributed by atoms with Crippen LogP contribution in [-0.4, -0.2) is 25.8 Å². The molecule has 0 aromatic carbocycles. The quantitative estimate of drug-likeness (QED) is 0.521. The maximum Gasteiger partial charge on any atom is 0.405 e. The van der Waals surface area contributed by atoms with Crippen LogP contribution in [0.3, 0.4) is 0 Å². The zero-order chi connectivity index (χ0) is 18.6. The minimum Gasteiger partial charge on any atom is -0.394 e. The van der Waals surface area contributed by atoms with Gasteiger partial charge >= 0.3 is 6.18 Å². The van der Waals surface area contributed by atoms with Crippen molar-refractivity contribution in [2.75, 3.05) is 13.6 Å². The molecule has 24 heavy (non-hydrogen) atoms. The molecule has 0 aromatic heterocycles. The predicted octanol–water partition coefficient (Wildman–Crippen LogP) is 4.17. The van der Waals surface area contributed by atoms with E-state index in [0.717, 1.165) is 18.4 Å². The largest absolute Gasteiger partial charge is 0.405 e. The van der Waals surface area contributed by atoms with E-state index >= 15 is 0 Å². The van der Waals surface area contributed by atoms with Gasteiger partial charge in [-0.1, -0.05) is 31.6 Å². The van der Waals surface area contributed by atoms with Crippen molar-refractivity contribution in [2.24, 2.45) is 5.73 Å². The Morgan fingerprint density at radius 1 is 1.29 bits per heavy atom. The fourth-order valence-electron chi connectivity index (χ4n) is 2.12. The van der Waals surface area contributed by atoms with Gasteiger partial charge in [-0.2, -0.15) is 13.2 Å². The van der Waals surface area contributed by atoms with E-state index in [1.54, 1.807) is 13.0 Å². The molecule has 0 radical (unpaired) electrons. The Hall–Kier alpha value is -1.69. The smallest absolute Gasteiger partial charge is 0.394 e. The lowest BCUT2D eigenvalue weighted by Crippen LogP contribution is -2.28. The van der Waals surface area contributed by atoms with Crippen molar-refractivity contribution in [3.8, 4) is 0 Å². The maximum absolute atomic E-state index is 12.2. The van der Waals surface area contributed by atoms with Gasteiger partial charge in [0.15, 0.2) is 0 Å². The highest BCUT2D eigenvalue weighted by molar-refractivity contribution is 5.28. The molecule has 1 atom stereocenters. The van der Waals surface area contributed by atoms with Gasteiger partial charge in [0, 0.05) is 18.8 Å². The number of hydrogen-bond acceptors (Lipinski definition) is 3. The second-order valence-corrected chi connectivity index (χ2v) is 5.59. The van der Waals surface area contributed by atoms with Gasteiger partial charge in [-0.3, -0.25) is 0 Å². The summed E-state index contributed by atoms with van der Waals surface area (Å²) >= 11 is 0. The highest BCUT2D eigenvalue weighted by Gasteiger charge is 2.26. The maximum atomic E-state index is 12.2. The van der Waals surface area contributed by atoms with Crippen molar-refractivity contribution in [2.45, 2.75) is 52.3 Å². The average molecular weight is 345 g/mol. The second kappa shape index (κ2) is 11.8. The Labute approximate surface area is 143 Å². The Morgan fingerprint density at radius 2 is 1.96 bits per heavy atom. The van der Waals surface area contributed by atoms with Crippen LogP contribution in [0.2, 0.25) is 0 Å². The molecule has 6 heteroatoms. The lowest BCUT2D eigenvalue weighted by molar-refractivity contribution is -0.123. The van der Waals surface area contributed by atoms with Crippen LogP contribution in [0.5, 0.6) is 0 Å². The van der Waals surface area contributed by atoms with Crippen LogP contribution in [0.4, 0.5) is 13.2 Å². The molecule has 0 amide bonds. The molecule has 0 fully saturated rings. The van der Waals surface area contributed by atoms with Crippen molar-refractivity contribution in [3.63, 3.8) is 0 Å². The first-order valence-corrected chi connectivity index (χ1v) is 8.17. The van der Waals surface area contributed by atoms with Crippen molar-refractivity contribution in [1.82, 2.24) is 10.6 Å². The number of nitrogens with two attached hydrogens (primary N) is 1. The second-order valence-electron chi connectivity index (χ2n) is 5.59. The van der Waals surface area contributed by atoms with Gasteiger partial charge in [-0.15, -0.1) is 0 Å². The predicted molar refractivity (Wildman–Crippen MR) is 95.4 cm³/mol. The van der Waals surface area contributed by atoms with Crippen LogP contribution >= 0.6 is 0 Å². The molecule has 0 saturated heterocycles. The highest BCUT2D eigenvalue weighted by Crippen LogP contribution is 2.14. The number of nitrogens with one attached hydrogen (secondary N) is 2. The number of hydrogen-bond donors (Lipinski definition) is 3. The van der Waals surface area contributed by atoms with E-state index in [-0.39, 0.29) is 6.04 Å². The molecule has 0 aliphatic heterocycles. The standard InChI is InChI=1S/C18H30F3N3/c1-5-8-15(12-23-4)9-7-10-17(22)16(6-2)11-14(3)24-13-18(19,20)21/h6-7,9,11-12,17,23-24H,5,8,10,13,22H2,1-4H3/b9-7+,14-11+,15-12+,16-6+. The third-order valence-electron chi connectivity index (χ3n) is 3.30. The molecule has 0 rings (SSSR count). The van der Waals surface area contributed by atoms with Crippen molar-refractivity contribution in [3.05, 3.63) is 47.3 Å². The van der Waals surface area contributed by atoms with Gasteiger partial charge in [0.2, 0.25) is 0 Å². The molecular formula is C18H30F3N3. The van der Waals surface area contributed by atoms with E-state index in [1.807, 2.05) is 38.4 Å². The average Bonchev–Trinajstić information content (AvgIpc) is 2.50. The third kappa shape index (κ3) is 10.9. The number of alkyl halides is 3. The number of rotatable bonds is 10. The molecule has 3 nitrogen and oxygen atoms in total. The Balaban J connectivity index is 4.70. The van der Waals surface area contributed by atoms with E-state index in [1.165, 1.54) is 5.57 Å². The Bertz CT molecular complexity index is 474. The molecule has 0 spiro atoms. The van der Waals surface area contributed by atoms with Gasteiger partial charge in [0.05, 0.1) is 0 Å². The Kier molecular flexibility index (Phi) is 11.0. The van der Waals surface area contributed by atoms with Crippen molar-refractivity contribution in [1.29, 1.82) is 0 Å². The van der Waals surface area contributed by atoms with E-state index in [9.17, 15) is 13.2 Å². The molecule has 138 valence electrons. The van der Waals surface area contributed by atoms with E-state index < -0.39 is 12.7 Å². The first-order valence-electron chi connectivity index (χ1n) is 8.17. The highest BCUT2D eigenvalue weighted by atomic mass is 19.4. The zero-order valence-electron chi connectivity index (χ0n) is 15.0. The summed E-state index contributed by atoms with van der Waals surface area (Å²) in [6.07, 6.45) is 7.89. The summed E-state index contributed by atoms with van der Waals surface area (Å²) in [6.45, 7) is 4.50. The van der Waals surface area contributed by atoms with E-state index in [0.29, 0.717) is 12.1 Å². The lowest BCUT2D eigenvalue weighted by atomic mass is 10.0. The van der Waals surface area contributed by atoms with Gasteiger partial charge < -0.3 is 16.4 Å². The van der Waals surface area contributed by atoms with E-state index in [4.69, 9.17) is 5.73 Å². The summed E-state index contributed by atoms with van der Waals surface area (Å²) in [4.78, 5) is 0. The molecule has 0 aliphatic rings. The third-order valence-corrected chi connectivity index (χ3v) is 3.30. The van der Waals surface area contributed by atoms with Crippen molar-refractivity contribution >= 4 is 0 Å². The van der Waals surface area contributed by atoms with Crippen LogP contribution in [0.25, 0.3) is 0 Å². The summed E-state index contributed by atoms with van der Waals surface area (Å²) in [5, 5.41) is 5.37. The summed E-state index contributed by atoms with van der Waals surface area (Å²) in [5.74, 6) is 0. The molecule has 0 saturated carbocycles. The topological polar surface area (TPSA) is 50.1 Å². The molecule has 0 aliphatic carbocycles. The molecule has 1 unspecified atom stereocenters. The van der Waals surface area contributed by atoms with Gasteiger partial charge in [0.25, 0.3) is 0 Å². The molecule has 0 heterocycles. The molecule has 4 N–H and O–H groups in total. The molecule has 0 aromatic rings. The van der Waals surface area contributed by atoms with Crippen LogP contribution in [0, 0.1) is 0 Å². The lowest BCUT2D eigenvalue weighted by Gasteiger charge is -2.14. The fraction of sp³-hybridized carbons (Fsp3) is 0.556. The molecular weight excluding hydrogens is 315 g/mol. The van der Waals surface area contributed by atoms with Gasteiger partial charge in [0.1, 0.15) is 6.54 Å². The summed E-state index contributed by atoms with van der Waals surface area (Å²) < 4.78 is 36.6. The van der Waals surface area contributed by atoms with Gasteiger partial charge in [-0.05, 0) is 50.1 Å². The summed E-state index contributed by atoms with van der Waals surface area (Å²) in [6, 6.07) is -0.258. The minimum atomic E-state index is -4.23. The Morgan fingerprint density at radius 3 is 2.46 bits per heavy atom. The summed E-state index contributed by atoms with van der Waals surface area (Å²) in [5.41, 5.74) is 8.58. The minimum absolute atomic E-state index is 0.258. The fourth-order valence-corrected chi connectivity index (χ4v) is 2.12. The van der Waals surface area contributed by atoms with Crippen LogP contribution < -0.4 is 16.4 Å².